The summed E-state index contributed by atoms with van der Waals surface area (Å²) in [6.07, 6.45) is 3.27. The first kappa shape index (κ1) is 16.5. The molecular weight excluding hydrogens is 312 g/mol. The number of hydrogen-bond donors (Lipinski definition) is 2. The maximum absolute atomic E-state index is 12.1. The minimum Gasteiger partial charge on any atom is -0.273 e. The number of nitrogens with one attached hydrogen (secondary N) is 2. The summed E-state index contributed by atoms with van der Waals surface area (Å²) in [5, 5.41) is 2.12. The molecule has 4 heteroatoms. The number of hydrogen-bond acceptors (Lipinski definition) is 2. The zero-order valence-electron chi connectivity index (χ0n) is 13.6. The average Bonchev–Trinajstić information content (AvgIpc) is 2.66. The molecule has 2 amide bonds. The van der Waals surface area contributed by atoms with Crippen molar-refractivity contribution in [1.82, 2.24) is 10.9 Å². The van der Waals surface area contributed by atoms with Crippen molar-refractivity contribution in [2.24, 2.45) is 0 Å². The Balaban J connectivity index is 1.56. The quantitative estimate of drug-likeness (QED) is 0.570. The molecule has 0 saturated heterocycles. The van der Waals surface area contributed by atoms with E-state index in [2.05, 4.69) is 10.9 Å². The Morgan fingerprint density at radius 2 is 1.52 bits per heavy atom. The summed E-state index contributed by atoms with van der Waals surface area (Å²) in [6, 6.07) is 23.2. The van der Waals surface area contributed by atoms with E-state index in [1.807, 2.05) is 72.8 Å². The van der Waals surface area contributed by atoms with Crippen LogP contribution in [0.4, 0.5) is 0 Å². The van der Waals surface area contributed by atoms with Gasteiger partial charge in [-0.05, 0) is 28.0 Å². The van der Waals surface area contributed by atoms with E-state index in [1.54, 1.807) is 6.08 Å². The lowest BCUT2D eigenvalue weighted by Gasteiger charge is -2.08. The van der Waals surface area contributed by atoms with Crippen molar-refractivity contribution in [3.63, 3.8) is 0 Å². The lowest BCUT2D eigenvalue weighted by atomic mass is 10.0. The second-order valence-electron chi connectivity index (χ2n) is 5.60. The SMILES string of the molecule is O=C(C=Cc1ccccc1)NNC(=O)Cc1cccc2ccccc12. The molecule has 0 heterocycles. The van der Waals surface area contributed by atoms with Gasteiger partial charge in [0.15, 0.2) is 0 Å². The molecule has 25 heavy (non-hydrogen) atoms. The number of fused-ring (bicyclic) bond motifs is 1. The zero-order valence-corrected chi connectivity index (χ0v) is 13.6. The van der Waals surface area contributed by atoms with Gasteiger partial charge in [0.05, 0.1) is 6.42 Å². The van der Waals surface area contributed by atoms with E-state index in [0.717, 1.165) is 21.9 Å². The van der Waals surface area contributed by atoms with Gasteiger partial charge in [0.2, 0.25) is 5.91 Å². The molecule has 0 unspecified atom stereocenters. The molecule has 0 saturated carbocycles. The molecule has 0 aliphatic heterocycles. The topological polar surface area (TPSA) is 58.2 Å². The summed E-state index contributed by atoms with van der Waals surface area (Å²) >= 11 is 0. The molecule has 0 fully saturated rings. The third-order valence-electron chi connectivity index (χ3n) is 3.78. The van der Waals surface area contributed by atoms with Crippen molar-refractivity contribution in [3.8, 4) is 0 Å². The van der Waals surface area contributed by atoms with Crippen LogP contribution in [0.15, 0.2) is 78.9 Å². The first-order chi connectivity index (χ1) is 12.2. The Morgan fingerprint density at radius 3 is 2.36 bits per heavy atom. The molecule has 0 aliphatic rings. The molecule has 0 spiro atoms. The molecule has 0 atom stereocenters. The minimum absolute atomic E-state index is 0.198. The van der Waals surface area contributed by atoms with Gasteiger partial charge in [0, 0.05) is 6.08 Å². The maximum Gasteiger partial charge on any atom is 0.262 e. The highest BCUT2D eigenvalue weighted by Gasteiger charge is 2.07. The Hall–Kier alpha value is -3.40. The fourth-order valence-electron chi connectivity index (χ4n) is 2.57. The van der Waals surface area contributed by atoms with Gasteiger partial charge >= 0.3 is 0 Å². The van der Waals surface area contributed by atoms with E-state index >= 15 is 0 Å². The summed E-state index contributed by atoms with van der Waals surface area (Å²) in [4.78, 5) is 23.9. The minimum atomic E-state index is -0.380. The lowest BCUT2D eigenvalue weighted by Crippen LogP contribution is -2.41. The fourth-order valence-corrected chi connectivity index (χ4v) is 2.57. The summed E-state index contributed by atoms with van der Waals surface area (Å²) in [7, 11) is 0. The summed E-state index contributed by atoms with van der Waals surface area (Å²) in [5.74, 6) is -0.645. The van der Waals surface area contributed by atoms with Gasteiger partial charge in [-0.1, -0.05) is 72.8 Å². The van der Waals surface area contributed by atoms with Gasteiger partial charge in [0.25, 0.3) is 5.91 Å². The Labute approximate surface area is 146 Å². The van der Waals surface area contributed by atoms with Crippen LogP contribution in [0.2, 0.25) is 0 Å². The van der Waals surface area contributed by atoms with Crippen molar-refractivity contribution in [2.45, 2.75) is 6.42 Å². The van der Waals surface area contributed by atoms with Gasteiger partial charge in [-0.15, -0.1) is 0 Å². The number of benzene rings is 3. The predicted octanol–water partition coefficient (Wildman–Crippen LogP) is 3.24. The molecule has 0 aromatic heterocycles. The van der Waals surface area contributed by atoms with E-state index in [1.165, 1.54) is 6.08 Å². The smallest absolute Gasteiger partial charge is 0.262 e. The van der Waals surface area contributed by atoms with Gasteiger partial charge in [-0.25, -0.2) is 0 Å². The Bertz CT molecular complexity index is 912. The molecule has 3 aromatic rings. The molecule has 0 aliphatic carbocycles. The fraction of sp³-hybridized carbons (Fsp3) is 0.0476. The second kappa shape index (κ2) is 7.93. The first-order valence-corrected chi connectivity index (χ1v) is 8.01. The Morgan fingerprint density at radius 1 is 0.800 bits per heavy atom. The van der Waals surface area contributed by atoms with Gasteiger partial charge in [-0.2, -0.15) is 0 Å². The largest absolute Gasteiger partial charge is 0.273 e. The van der Waals surface area contributed by atoms with Crippen LogP contribution in [0.1, 0.15) is 11.1 Å². The van der Waals surface area contributed by atoms with E-state index in [9.17, 15) is 9.59 Å². The second-order valence-corrected chi connectivity index (χ2v) is 5.60. The highest BCUT2D eigenvalue weighted by molar-refractivity contribution is 5.94. The molecule has 124 valence electrons. The third kappa shape index (κ3) is 4.54. The van der Waals surface area contributed by atoms with Crippen molar-refractivity contribution in [1.29, 1.82) is 0 Å². The van der Waals surface area contributed by atoms with E-state index < -0.39 is 0 Å². The van der Waals surface area contributed by atoms with E-state index in [-0.39, 0.29) is 18.2 Å². The van der Waals surface area contributed by atoms with E-state index in [4.69, 9.17) is 0 Å². The van der Waals surface area contributed by atoms with Crippen LogP contribution in [0.25, 0.3) is 16.8 Å². The van der Waals surface area contributed by atoms with Crippen LogP contribution in [0.3, 0.4) is 0 Å². The highest BCUT2D eigenvalue weighted by atomic mass is 16.2. The third-order valence-corrected chi connectivity index (χ3v) is 3.78. The molecular formula is C21H18N2O2. The number of hydrazine groups is 1. The number of carbonyl (C=O) groups excluding carboxylic acids is 2. The molecule has 0 radical (unpaired) electrons. The van der Waals surface area contributed by atoms with Gasteiger partial charge in [0.1, 0.15) is 0 Å². The molecule has 4 nitrogen and oxygen atoms in total. The van der Waals surface area contributed by atoms with Crippen molar-refractivity contribution < 1.29 is 9.59 Å². The first-order valence-electron chi connectivity index (χ1n) is 8.01. The molecule has 0 bridgehead atoms. The summed E-state index contributed by atoms with van der Waals surface area (Å²) < 4.78 is 0. The molecule has 2 N–H and O–H groups in total. The summed E-state index contributed by atoms with van der Waals surface area (Å²) in [5.41, 5.74) is 6.68. The Kier molecular flexibility index (Phi) is 5.22. The monoisotopic (exact) mass is 330 g/mol. The maximum atomic E-state index is 12.1. The van der Waals surface area contributed by atoms with Crippen LogP contribution in [0, 0.1) is 0 Å². The van der Waals surface area contributed by atoms with Gasteiger partial charge in [-0.3, -0.25) is 20.4 Å². The van der Waals surface area contributed by atoms with Crippen molar-refractivity contribution >= 4 is 28.7 Å². The standard InChI is InChI=1S/C21H18N2O2/c24-20(14-13-16-7-2-1-3-8-16)22-23-21(25)15-18-11-6-10-17-9-4-5-12-19(17)18/h1-14H,15H2,(H,22,24)(H,23,25). The van der Waals surface area contributed by atoms with Crippen molar-refractivity contribution in [3.05, 3.63) is 90.0 Å². The van der Waals surface area contributed by atoms with Crippen LogP contribution in [-0.2, 0) is 16.0 Å². The average molecular weight is 330 g/mol. The van der Waals surface area contributed by atoms with Crippen LogP contribution < -0.4 is 10.9 Å². The predicted molar refractivity (Wildman–Crippen MR) is 99.4 cm³/mol. The lowest BCUT2D eigenvalue weighted by molar-refractivity contribution is -0.126. The van der Waals surface area contributed by atoms with Crippen LogP contribution >= 0.6 is 0 Å². The van der Waals surface area contributed by atoms with Gasteiger partial charge < -0.3 is 0 Å². The normalized spacial score (nSPS) is 10.7. The van der Waals surface area contributed by atoms with Crippen molar-refractivity contribution in [2.75, 3.05) is 0 Å². The zero-order chi connectivity index (χ0) is 17.5. The number of rotatable bonds is 4. The summed E-state index contributed by atoms with van der Waals surface area (Å²) in [6.45, 7) is 0. The molecule has 3 aromatic carbocycles. The van der Waals surface area contributed by atoms with Crippen LogP contribution in [-0.4, -0.2) is 11.8 Å². The molecule has 3 rings (SSSR count). The van der Waals surface area contributed by atoms with Crippen LogP contribution in [0.5, 0.6) is 0 Å². The van der Waals surface area contributed by atoms with E-state index in [0.29, 0.717) is 0 Å². The number of carbonyl (C=O) groups is 2. The highest BCUT2D eigenvalue weighted by Crippen LogP contribution is 2.18. The number of amides is 2.